The minimum atomic E-state index is -0.645. The molecule has 0 spiro atoms. The molecule has 4 heterocycles. The van der Waals surface area contributed by atoms with E-state index in [-0.39, 0.29) is 29.6 Å². The Hall–Kier alpha value is -5.41. The van der Waals surface area contributed by atoms with Crippen LogP contribution in [0.15, 0.2) is 113 Å². The average Bonchev–Trinajstić information content (AvgIpc) is 4.11. The highest BCUT2D eigenvalue weighted by Gasteiger charge is 2.51. The van der Waals surface area contributed by atoms with Gasteiger partial charge >= 0.3 is 0 Å². The van der Waals surface area contributed by atoms with E-state index in [9.17, 15) is 14.4 Å². The summed E-state index contributed by atoms with van der Waals surface area (Å²) in [4.78, 5) is 44.4. The molecule has 14 heteroatoms. The number of hydrogen-bond donors (Lipinski definition) is 2. The highest BCUT2D eigenvalue weighted by molar-refractivity contribution is 7.15. The number of benzene rings is 3. The van der Waals surface area contributed by atoms with Crippen molar-refractivity contribution in [2.24, 2.45) is 10.8 Å². The highest BCUT2D eigenvalue weighted by atomic mass is 32.1. The molecule has 0 radical (unpaired) electrons. The summed E-state index contributed by atoms with van der Waals surface area (Å²) in [5, 5.41) is 24.7. The van der Waals surface area contributed by atoms with E-state index in [4.69, 9.17) is 0 Å². The van der Waals surface area contributed by atoms with Crippen LogP contribution in [0.4, 0.5) is 10.3 Å². The molecule has 2 aliphatic carbocycles. The first-order valence-electron chi connectivity index (χ1n) is 18.9. The first-order chi connectivity index (χ1) is 28.1. The van der Waals surface area contributed by atoms with Crippen LogP contribution in [-0.2, 0) is 22.4 Å². The van der Waals surface area contributed by atoms with Crippen LogP contribution in [-0.4, -0.2) is 56.6 Å². The van der Waals surface area contributed by atoms with E-state index in [0.29, 0.717) is 28.8 Å². The standard InChI is InChI=1S/C27H26N4O2S2.C17H15N3OS2/c1-4-31(3)24(32)19-12-10-17(11-13-19)21-14-20-22(35-21)15-27(2,23(20)18-8-6-5-7-9-18)25(33)29-26-30-28-16-34-26;1-17(15(21)19-16-20-18-10-23-16)9-13-12(7-8-22-13)14(17)11-5-3-2-4-6-11/h5-14,16,23H,4,15H2,1-3H3,(H,29,30,33);2-8,10,14H,9H2,1H3,(H,19,20,21)/t23-,27+;14-,17+/m11/s1. The predicted molar refractivity (Wildman–Crippen MR) is 234 cm³/mol. The molecule has 0 aliphatic heterocycles. The van der Waals surface area contributed by atoms with Gasteiger partial charge in [-0.25, -0.2) is 0 Å². The number of carbonyl (C=O) groups excluding carboxylic acids is 3. The number of carbonyl (C=O) groups is 3. The second kappa shape index (κ2) is 16.5. The Bertz CT molecular complexity index is 2520. The Balaban J connectivity index is 0.000000176. The summed E-state index contributed by atoms with van der Waals surface area (Å²) >= 11 is 6.12. The van der Waals surface area contributed by atoms with Gasteiger partial charge in [0.05, 0.1) is 10.8 Å². The fourth-order valence-electron chi connectivity index (χ4n) is 8.16. The van der Waals surface area contributed by atoms with Crippen LogP contribution < -0.4 is 10.6 Å². The lowest BCUT2D eigenvalue weighted by Crippen LogP contribution is -2.37. The molecule has 0 bridgehead atoms. The molecule has 7 aromatic rings. The van der Waals surface area contributed by atoms with Crippen LogP contribution in [0, 0.1) is 10.8 Å². The third-order valence-corrected chi connectivity index (χ3v) is 14.6. The first-order valence-corrected chi connectivity index (χ1v) is 22.3. The molecular weight excluding hydrogens is 803 g/mol. The number of nitrogens with zero attached hydrogens (tertiary/aromatic N) is 5. The van der Waals surface area contributed by atoms with Crippen LogP contribution in [0.1, 0.15) is 75.0 Å². The summed E-state index contributed by atoms with van der Waals surface area (Å²) < 4.78 is 0. The Morgan fingerprint density at radius 3 is 1.76 bits per heavy atom. The Labute approximate surface area is 353 Å². The smallest absolute Gasteiger partial charge is 0.253 e. The van der Waals surface area contributed by atoms with Gasteiger partial charge in [0.1, 0.15) is 11.0 Å². The van der Waals surface area contributed by atoms with Gasteiger partial charge in [0.2, 0.25) is 22.1 Å². The van der Waals surface area contributed by atoms with Gasteiger partial charge in [0.15, 0.2) is 0 Å². The lowest BCUT2D eigenvalue weighted by atomic mass is 9.73. The second-order valence-corrected chi connectivity index (χ2v) is 18.8. The van der Waals surface area contributed by atoms with Crippen molar-refractivity contribution in [2.45, 2.75) is 45.4 Å². The lowest BCUT2D eigenvalue weighted by molar-refractivity contribution is -0.125. The number of thiophene rings is 2. The minimum absolute atomic E-state index is 0.00602. The van der Waals surface area contributed by atoms with Gasteiger partial charge in [-0.05, 0) is 91.1 Å². The summed E-state index contributed by atoms with van der Waals surface area (Å²) in [6, 6.07) is 32.7. The maximum Gasteiger partial charge on any atom is 0.253 e. The largest absolute Gasteiger partial charge is 0.342 e. The molecule has 0 fully saturated rings. The highest BCUT2D eigenvalue weighted by Crippen LogP contribution is 2.55. The van der Waals surface area contributed by atoms with Gasteiger partial charge in [-0.3, -0.25) is 14.4 Å². The molecule has 0 saturated carbocycles. The SMILES string of the molecule is CCN(C)C(=O)c1ccc(-c2cc3c(s2)C[C@](C)(C(=O)Nc2nncs2)[C@@H]3c2ccccc2)cc1.C[C@]1(C(=O)Nc2nncs2)Cc2sccc2[C@H]1c1ccccc1. The van der Waals surface area contributed by atoms with E-state index in [1.807, 2.05) is 88.5 Å². The van der Waals surface area contributed by atoms with E-state index >= 15 is 0 Å². The normalized spacial score (nSPS) is 20.3. The zero-order valence-electron chi connectivity index (χ0n) is 32.3. The number of anilines is 2. The molecular formula is C44H41N7O3S4. The van der Waals surface area contributed by atoms with Crippen molar-refractivity contribution in [2.75, 3.05) is 24.2 Å². The number of amides is 3. The summed E-state index contributed by atoms with van der Waals surface area (Å²) in [5.41, 5.74) is 8.60. The van der Waals surface area contributed by atoms with Crippen molar-refractivity contribution < 1.29 is 14.4 Å². The lowest BCUT2D eigenvalue weighted by Gasteiger charge is -2.31. The maximum atomic E-state index is 13.5. The van der Waals surface area contributed by atoms with Gasteiger partial charge in [0, 0.05) is 45.6 Å². The van der Waals surface area contributed by atoms with Crippen molar-refractivity contribution in [1.29, 1.82) is 0 Å². The Morgan fingerprint density at radius 1 is 0.707 bits per heavy atom. The van der Waals surface area contributed by atoms with Gasteiger partial charge in [-0.15, -0.1) is 43.1 Å². The molecule has 10 nitrogen and oxygen atoms in total. The van der Waals surface area contributed by atoms with E-state index < -0.39 is 10.8 Å². The number of hydrogen-bond acceptors (Lipinski definition) is 11. The van der Waals surface area contributed by atoms with E-state index in [1.54, 1.807) is 38.6 Å². The Morgan fingerprint density at radius 2 is 1.24 bits per heavy atom. The summed E-state index contributed by atoms with van der Waals surface area (Å²) in [7, 11) is 1.81. The van der Waals surface area contributed by atoms with E-state index in [2.05, 4.69) is 72.8 Å². The van der Waals surface area contributed by atoms with Crippen molar-refractivity contribution >= 4 is 73.3 Å². The molecule has 0 unspecified atom stereocenters. The molecule has 0 saturated heterocycles. The molecule has 3 aromatic carbocycles. The van der Waals surface area contributed by atoms with Gasteiger partial charge in [-0.1, -0.05) is 95.5 Å². The molecule has 9 rings (SSSR count). The summed E-state index contributed by atoms with van der Waals surface area (Å²) in [5.74, 6) is -0.0231. The van der Waals surface area contributed by atoms with Crippen LogP contribution in [0.2, 0.25) is 0 Å². The van der Waals surface area contributed by atoms with Crippen LogP contribution in [0.3, 0.4) is 0 Å². The summed E-state index contributed by atoms with van der Waals surface area (Å²) in [6.45, 7) is 6.72. The summed E-state index contributed by atoms with van der Waals surface area (Å²) in [6.07, 6.45) is 1.40. The van der Waals surface area contributed by atoms with Crippen molar-refractivity contribution in [3.05, 3.63) is 151 Å². The number of rotatable bonds is 9. The van der Waals surface area contributed by atoms with Crippen LogP contribution >= 0.6 is 45.3 Å². The van der Waals surface area contributed by atoms with Gasteiger partial charge < -0.3 is 15.5 Å². The fourth-order valence-corrected chi connectivity index (χ4v) is 11.5. The average molecular weight is 844 g/mol. The molecule has 2 aliphatic rings. The van der Waals surface area contributed by atoms with Crippen molar-refractivity contribution in [3.63, 3.8) is 0 Å². The topological polar surface area (TPSA) is 130 Å². The number of fused-ring (bicyclic) bond motifs is 2. The van der Waals surface area contributed by atoms with Crippen molar-refractivity contribution in [1.82, 2.24) is 25.3 Å². The third kappa shape index (κ3) is 7.52. The zero-order chi connectivity index (χ0) is 40.4. The van der Waals surface area contributed by atoms with Crippen LogP contribution in [0.25, 0.3) is 10.4 Å². The second-order valence-electron chi connectivity index (χ2n) is 15.0. The number of aromatic nitrogens is 4. The minimum Gasteiger partial charge on any atom is -0.342 e. The van der Waals surface area contributed by atoms with Crippen LogP contribution in [0.5, 0.6) is 0 Å². The third-order valence-electron chi connectivity index (χ3n) is 11.3. The molecule has 2 N–H and O–H groups in total. The van der Waals surface area contributed by atoms with Gasteiger partial charge in [-0.2, -0.15) is 0 Å². The van der Waals surface area contributed by atoms with Crippen molar-refractivity contribution in [3.8, 4) is 10.4 Å². The first kappa shape index (κ1) is 39.4. The predicted octanol–water partition coefficient (Wildman–Crippen LogP) is 9.62. The molecule has 58 heavy (non-hydrogen) atoms. The molecule has 3 amide bonds. The quantitative estimate of drug-likeness (QED) is 0.148. The monoisotopic (exact) mass is 843 g/mol. The molecule has 4 atom stereocenters. The fraction of sp³-hybridized carbons (Fsp3) is 0.250. The molecule has 294 valence electrons. The Kier molecular flexibility index (Phi) is 11.2. The maximum absolute atomic E-state index is 13.5. The molecule has 4 aromatic heterocycles. The van der Waals surface area contributed by atoms with E-state index in [1.165, 1.54) is 49.1 Å². The van der Waals surface area contributed by atoms with Gasteiger partial charge in [0.25, 0.3) is 5.91 Å². The number of nitrogens with one attached hydrogen (secondary N) is 2. The zero-order valence-corrected chi connectivity index (χ0v) is 35.6. The van der Waals surface area contributed by atoms with E-state index in [0.717, 1.165) is 22.4 Å².